The molecular weight excluding hydrogens is 474 g/mol. The molecule has 0 bridgehead atoms. The lowest BCUT2D eigenvalue weighted by atomic mass is 10.1. The zero-order valence-corrected chi connectivity index (χ0v) is 21.1. The molecule has 8 rings (SSSR count). The van der Waals surface area contributed by atoms with E-state index in [4.69, 9.17) is 9.97 Å². The first-order chi connectivity index (χ1) is 19.3. The van der Waals surface area contributed by atoms with Crippen molar-refractivity contribution < 1.29 is 0 Å². The average molecular weight is 498 g/mol. The smallest absolute Gasteiger partial charge is 0.0710 e. The third kappa shape index (κ3) is 3.59. The second-order valence-corrected chi connectivity index (χ2v) is 9.94. The number of hydrogen-bond donors (Lipinski definition) is 0. The number of pyridine rings is 2. The number of fused-ring (bicyclic) bond motifs is 5. The third-order valence-electron chi connectivity index (χ3n) is 7.60. The summed E-state index contributed by atoms with van der Waals surface area (Å²) in [4.78, 5) is 9.76. The molecule has 0 amide bonds. The summed E-state index contributed by atoms with van der Waals surface area (Å²) in [6.07, 6.45) is 1.96. The van der Waals surface area contributed by atoms with Crippen molar-refractivity contribution >= 4 is 43.5 Å². The minimum Gasteiger partial charge on any atom is -0.309 e. The molecule has 0 spiro atoms. The van der Waals surface area contributed by atoms with E-state index in [1.54, 1.807) is 0 Å². The van der Waals surface area contributed by atoms with Gasteiger partial charge in [0.1, 0.15) is 0 Å². The molecule has 39 heavy (non-hydrogen) atoms. The van der Waals surface area contributed by atoms with Crippen molar-refractivity contribution in [3.8, 4) is 28.2 Å². The molecule has 0 fully saturated rings. The van der Waals surface area contributed by atoms with E-state index in [0.717, 1.165) is 50.0 Å². The summed E-state index contributed by atoms with van der Waals surface area (Å²) in [6.45, 7) is 0. The predicted octanol–water partition coefficient (Wildman–Crippen LogP) is 9.21. The fourth-order valence-electron chi connectivity index (χ4n) is 5.68. The SMILES string of the molecule is c1cc(-c2ccc3ccccc3n2)cc(-n2c3ccccc3c3ccc(-c4cc5ccccc5cn4)cc32)c1. The maximum absolute atomic E-state index is 4.95. The molecule has 182 valence electrons. The summed E-state index contributed by atoms with van der Waals surface area (Å²) in [7, 11) is 0. The molecule has 3 heteroatoms. The van der Waals surface area contributed by atoms with E-state index in [2.05, 4.69) is 126 Å². The van der Waals surface area contributed by atoms with Crippen LogP contribution in [0.2, 0.25) is 0 Å². The first-order valence-electron chi connectivity index (χ1n) is 13.2. The zero-order valence-electron chi connectivity index (χ0n) is 21.1. The largest absolute Gasteiger partial charge is 0.309 e. The number of benzene rings is 5. The van der Waals surface area contributed by atoms with Crippen molar-refractivity contribution in [2.75, 3.05) is 0 Å². The number of aromatic nitrogens is 3. The highest BCUT2D eigenvalue weighted by atomic mass is 15.0. The van der Waals surface area contributed by atoms with Crippen LogP contribution in [-0.4, -0.2) is 14.5 Å². The standard InChI is InChI=1S/C36H23N3/c1-2-10-28-23-37-34(21-25(28)9-1)27-16-18-31-30-13-4-6-15-35(30)39(36(31)22-27)29-12-7-11-26(20-29)33-19-17-24-8-3-5-14-32(24)38-33/h1-23H. The predicted molar refractivity (Wildman–Crippen MR) is 162 cm³/mol. The van der Waals surface area contributed by atoms with Crippen LogP contribution in [0.4, 0.5) is 0 Å². The van der Waals surface area contributed by atoms with Crippen LogP contribution in [0.25, 0.3) is 71.7 Å². The topological polar surface area (TPSA) is 30.7 Å². The minimum absolute atomic E-state index is 0.970. The lowest BCUT2D eigenvalue weighted by Gasteiger charge is -2.11. The van der Waals surface area contributed by atoms with Gasteiger partial charge in [0.25, 0.3) is 0 Å². The van der Waals surface area contributed by atoms with Crippen molar-refractivity contribution in [1.82, 2.24) is 14.5 Å². The van der Waals surface area contributed by atoms with E-state index in [0.29, 0.717) is 0 Å². The van der Waals surface area contributed by atoms with Gasteiger partial charge in [0.05, 0.1) is 27.9 Å². The maximum Gasteiger partial charge on any atom is 0.0710 e. The van der Waals surface area contributed by atoms with Crippen molar-refractivity contribution in [2.45, 2.75) is 0 Å². The Labute approximate surface area is 225 Å². The lowest BCUT2D eigenvalue weighted by molar-refractivity contribution is 1.18. The van der Waals surface area contributed by atoms with E-state index in [1.807, 2.05) is 18.3 Å². The fraction of sp³-hybridized carbons (Fsp3) is 0. The van der Waals surface area contributed by atoms with Gasteiger partial charge in [0.15, 0.2) is 0 Å². The zero-order chi connectivity index (χ0) is 25.8. The normalized spacial score (nSPS) is 11.6. The molecule has 0 aliphatic heterocycles. The minimum atomic E-state index is 0.970. The van der Waals surface area contributed by atoms with Crippen molar-refractivity contribution in [3.05, 3.63) is 140 Å². The highest BCUT2D eigenvalue weighted by molar-refractivity contribution is 6.10. The van der Waals surface area contributed by atoms with Gasteiger partial charge in [-0.25, -0.2) is 4.98 Å². The number of nitrogens with zero attached hydrogens (tertiary/aromatic N) is 3. The highest BCUT2D eigenvalue weighted by Gasteiger charge is 2.14. The van der Waals surface area contributed by atoms with Crippen LogP contribution < -0.4 is 0 Å². The van der Waals surface area contributed by atoms with E-state index < -0.39 is 0 Å². The molecule has 0 saturated carbocycles. The molecule has 8 aromatic rings. The van der Waals surface area contributed by atoms with Crippen LogP contribution in [0.3, 0.4) is 0 Å². The van der Waals surface area contributed by atoms with Gasteiger partial charge in [-0.3, -0.25) is 4.98 Å². The van der Waals surface area contributed by atoms with Crippen LogP contribution in [0, 0.1) is 0 Å². The molecule has 0 aliphatic rings. The second kappa shape index (κ2) is 8.64. The Morgan fingerprint density at radius 3 is 2.18 bits per heavy atom. The van der Waals surface area contributed by atoms with Gasteiger partial charge in [0, 0.05) is 44.6 Å². The van der Waals surface area contributed by atoms with Gasteiger partial charge in [-0.1, -0.05) is 91.0 Å². The van der Waals surface area contributed by atoms with Crippen LogP contribution in [0.1, 0.15) is 0 Å². The Balaban J connectivity index is 1.33. The van der Waals surface area contributed by atoms with E-state index >= 15 is 0 Å². The number of rotatable bonds is 3. The lowest BCUT2D eigenvalue weighted by Crippen LogP contribution is -1.95. The maximum atomic E-state index is 4.95. The van der Waals surface area contributed by atoms with Gasteiger partial charge in [0.2, 0.25) is 0 Å². The summed E-state index contributed by atoms with van der Waals surface area (Å²) >= 11 is 0. The van der Waals surface area contributed by atoms with Crippen LogP contribution in [0.15, 0.2) is 140 Å². The van der Waals surface area contributed by atoms with Crippen LogP contribution in [0.5, 0.6) is 0 Å². The van der Waals surface area contributed by atoms with E-state index in [-0.39, 0.29) is 0 Å². The van der Waals surface area contributed by atoms with Gasteiger partial charge in [-0.15, -0.1) is 0 Å². The molecule has 0 N–H and O–H groups in total. The quantitative estimate of drug-likeness (QED) is 0.244. The molecule has 0 atom stereocenters. The highest BCUT2D eigenvalue weighted by Crippen LogP contribution is 2.35. The Morgan fingerprint density at radius 2 is 1.23 bits per heavy atom. The van der Waals surface area contributed by atoms with E-state index in [1.165, 1.54) is 21.7 Å². The molecule has 0 aliphatic carbocycles. The van der Waals surface area contributed by atoms with Crippen molar-refractivity contribution in [2.24, 2.45) is 0 Å². The molecule has 3 aromatic heterocycles. The first kappa shape index (κ1) is 21.8. The average Bonchev–Trinajstić information content (AvgIpc) is 3.34. The molecule has 3 heterocycles. The summed E-state index contributed by atoms with van der Waals surface area (Å²) in [6, 6.07) is 47.0. The van der Waals surface area contributed by atoms with Gasteiger partial charge in [-0.2, -0.15) is 0 Å². The first-order valence-corrected chi connectivity index (χ1v) is 13.2. The molecule has 3 nitrogen and oxygen atoms in total. The summed E-state index contributed by atoms with van der Waals surface area (Å²) in [5.74, 6) is 0. The molecule has 0 radical (unpaired) electrons. The van der Waals surface area contributed by atoms with Gasteiger partial charge >= 0.3 is 0 Å². The fourth-order valence-corrected chi connectivity index (χ4v) is 5.68. The number of para-hydroxylation sites is 2. The van der Waals surface area contributed by atoms with Crippen LogP contribution in [-0.2, 0) is 0 Å². The van der Waals surface area contributed by atoms with Gasteiger partial charge in [-0.05, 0) is 47.9 Å². The van der Waals surface area contributed by atoms with Crippen molar-refractivity contribution in [1.29, 1.82) is 0 Å². The summed E-state index contributed by atoms with van der Waals surface area (Å²) in [5, 5.41) is 5.95. The van der Waals surface area contributed by atoms with Gasteiger partial charge < -0.3 is 4.57 Å². The number of hydrogen-bond acceptors (Lipinski definition) is 2. The molecular formula is C36H23N3. The Kier molecular flexibility index (Phi) is 4.82. The molecule has 0 unspecified atom stereocenters. The monoisotopic (exact) mass is 497 g/mol. The molecule has 0 saturated heterocycles. The van der Waals surface area contributed by atoms with Crippen molar-refractivity contribution in [3.63, 3.8) is 0 Å². The summed E-state index contributed by atoms with van der Waals surface area (Å²) in [5.41, 5.74) is 8.59. The Morgan fingerprint density at radius 1 is 0.462 bits per heavy atom. The molecule has 5 aromatic carbocycles. The summed E-state index contributed by atoms with van der Waals surface area (Å²) < 4.78 is 2.36. The second-order valence-electron chi connectivity index (χ2n) is 9.94. The Bertz CT molecular complexity index is 2190. The van der Waals surface area contributed by atoms with Crippen LogP contribution >= 0.6 is 0 Å². The van der Waals surface area contributed by atoms with E-state index in [9.17, 15) is 0 Å². The Hall–Kier alpha value is -5.28. The third-order valence-corrected chi connectivity index (χ3v) is 7.60.